The summed E-state index contributed by atoms with van der Waals surface area (Å²) in [4.78, 5) is 14.2. The van der Waals surface area contributed by atoms with E-state index in [-0.39, 0.29) is 6.04 Å². The van der Waals surface area contributed by atoms with Crippen LogP contribution < -0.4 is 10.6 Å². The van der Waals surface area contributed by atoms with Crippen LogP contribution in [0.1, 0.15) is 39.0 Å². The van der Waals surface area contributed by atoms with Gasteiger partial charge in [-0.2, -0.15) is 0 Å². The smallest absolute Gasteiger partial charge is 0.239 e. The molecule has 2 aliphatic heterocycles. The van der Waals surface area contributed by atoms with Crippen molar-refractivity contribution in [3.63, 3.8) is 0 Å². The summed E-state index contributed by atoms with van der Waals surface area (Å²) >= 11 is 0. The normalized spacial score (nSPS) is 26.9. The van der Waals surface area contributed by atoms with Gasteiger partial charge in [-0.1, -0.05) is 0 Å². The van der Waals surface area contributed by atoms with Crippen LogP contribution in [0.5, 0.6) is 0 Å². The van der Waals surface area contributed by atoms with Gasteiger partial charge in [-0.15, -0.1) is 0 Å². The van der Waals surface area contributed by atoms with Crippen molar-refractivity contribution in [2.75, 3.05) is 32.7 Å². The summed E-state index contributed by atoms with van der Waals surface area (Å²) in [6, 6.07) is -0.0231. The number of piperidine rings is 2. The first kappa shape index (κ1) is 13.8. The van der Waals surface area contributed by atoms with Gasteiger partial charge < -0.3 is 15.5 Å². The minimum atomic E-state index is -0.0231. The Bertz CT molecular complexity index is 258. The quantitative estimate of drug-likeness (QED) is 0.785. The Balaban J connectivity index is 1.69. The van der Waals surface area contributed by atoms with Crippen LogP contribution in [0, 0.1) is 5.92 Å². The number of hydrogen-bond acceptors (Lipinski definition) is 3. The molecule has 0 bridgehead atoms. The maximum Gasteiger partial charge on any atom is 0.239 e. The van der Waals surface area contributed by atoms with Crippen molar-refractivity contribution in [1.29, 1.82) is 0 Å². The second-order valence-electron chi connectivity index (χ2n) is 5.73. The Morgan fingerprint density at radius 1 is 1.33 bits per heavy atom. The summed E-state index contributed by atoms with van der Waals surface area (Å²) in [6.07, 6.45) is 6.17. The average Bonchev–Trinajstić information content (AvgIpc) is 2.46. The molecule has 18 heavy (non-hydrogen) atoms. The molecule has 0 aromatic carbocycles. The molecule has 0 aliphatic carbocycles. The van der Waals surface area contributed by atoms with Gasteiger partial charge >= 0.3 is 0 Å². The van der Waals surface area contributed by atoms with Crippen molar-refractivity contribution in [1.82, 2.24) is 15.5 Å². The van der Waals surface area contributed by atoms with Crippen LogP contribution in [-0.4, -0.2) is 49.6 Å². The SMILES string of the molecule is CC(NCC1CCCNC1)C(=O)N1CCCCC1. The van der Waals surface area contributed by atoms with Crippen LogP contribution in [0.25, 0.3) is 0 Å². The lowest BCUT2D eigenvalue weighted by Crippen LogP contribution is -2.48. The van der Waals surface area contributed by atoms with Gasteiger partial charge in [-0.3, -0.25) is 4.79 Å². The van der Waals surface area contributed by atoms with Crippen LogP contribution in [-0.2, 0) is 4.79 Å². The van der Waals surface area contributed by atoms with E-state index in [0.717, 1.165) is 32.7 Å². The molecule has 2 rings (SSSR count). The van der Waals surface area contributed by atoms with Gasteiger partial charge in [0, 0.05) is 13.1 Å². The zero-order valence-corrected chi connectivity index (χ0v) is 11.6. The van der Waals surface area contributed by atoms with E-state index in [1.165, 1.54) is 32.1 Å². The fourth-order valence-electron chi connectivity index (χ4n) is 2.92. The van der Waals surface area contributed by atoms with Crippen molar-refractivity contribution < 1.29 is 4.79 Å². The highest BCUT2D eigenvalue weighted by atomic mass is 16.2. The summed E-state index contributed by atoms with van der Waals surface area (Å²) in [5, 5.41) is 6.83. The molecule has 0 aromatic heterocycles. The van der Waals surface area contributed by atoms with Gasteiger partial charge in [0.1, 0.15) is 0 Å². The van der Waals surface area contributed by atoms with Gasteiger partial charge in [0.2, 0.25) is 5.91 Å². The molecular weight excluding hydrogens is 226 g/mol. The third-order valence-electron chi connectivity index (χ3n) is 4.15. The fraction of sp³-hybridized carbons (Fsp3) is 0.929. The second kappa shape index (κ2) is 7.10. The lowest BCUT2D eigenvalue weighted by Gasteiger charge is -2.30. The monoisotopic (exact) mass is 253 g/mol. The molecule has 0 saturated carbocycles. The van der Waals surface area contributed by atoms with Crippen molar-refractivity contribution >= 4 is 5.91 Å². The number of nitrogens with one attached hydrogen (secondary N) is 2. The molecule has 1 amide bonds. The molecule has 2 fully saturated rings. The molecule has 2 saturated heterocycles. The van der Waals surface area contributed by atoms with Crippen LogP contribution in [0.2, 0.25) is 0 Å². The zero-order valence-electron chi connectivity index (χ0n) is 11.6. The van der Waals surface area contributed by atoms with Crippen LogP contribution in [0.4, 0.5) is 0 Å². The first-order valence-electron chi connectivity index (χ1n) is 7.50. The van der Waals surface area contributed by atoms with E-state index in [1.807, 2.05) is 11.8 Å². The van der Waals surface area contributed by atoms with Gasteiger partial charge in [-0.25, -0.2) is 0 Å². The molecule has 2 atom stereocenters. The van der Waals surface area contributed by atoms with E-state index >= 15 is 0 Å². The van der Waals surface area contributed by atoms with Crippen LogP contribution in [0.3, 0.4) is 0 Å². The molecule has 4 heteroatoms. The summed E-state index contributed by atoms with van der Waals surface area (Å²) in [5.74, 6) is 0.980. The van der Waals surface area contributed by atoms with Gasteiger partial charge in [0.15, 0.2) is 0 Å². The lowest BCUT2D eigenvalue weighted by atomic mass is 9.99. The van der Waals surface area contributed by atoms with E-state index in [2.05, 4.69) is 10.6 Å². The first-order chi connectivity index (χ1) is 8.77. The van der Waals surface area contributed by atoms with Crippen molar-refractivity contribution in [2.24, 2.45) is 5.92 Å². The zero-order chi connectivity index (χ0) is 12.8. The molecule has 104 valence electrons. The highest BCUT2D eigenvalue weighted by Crippen LogP contribution is 2.11. The predicted molar refractivity (Wildman–Crippen MR) is 73.5 cm³/mol. The third kappa shape index (κ3) is 3.95. The summed E-state index contributed by atoms with van der Waals surface area (Å²) < 4.78 is 0. The van der Waals surface area contributed by atoms with Crippen molar-refractivity contribution in [3.8, 4) is 0 Å². The first-order valence-corrected chi connectivity index (χ1v) is 7.50. The Labute approximate surface area is 110 Å². The highest BCUT2D eigenvalue weighted by molar-refractivity contribution is 5.81. The minimum absolute atomic E-state index is 0.0231. The van der Waals surface area contributed by atoms with Crippen molar-refractivity contribution in [3.05, 3.63) is 0 Å². The summed E-state index contributed by atoms with van der Waals surface area (Å²) in [6.45, 7) is 7.13. The number of rotatable bonds is 4. The minimum Gasteiger partial charge on any atom is -0.341 e. The Morgan fingerprint density at radius 3 is 2.78 bits per heavy atom. The predicted octanol–water partition coefficient (Wildman–Crippen LogP) is 0.977. The molecule has 0 aromatic rings. The largest absolute Gasteiger partial charge is 0.341 e. The Kier molecular flexibility index (Phi) is 5.45. The average molecular weight is 253 g/mol. The lowest BCUT2D eigenvalue weighted by molar-refractivity contribution is -0.134. The molecule has 0 radical (unpaired) electrons. The van der Waals surface area contributed by atoms with E-state index < -0.39 is 0 Å². The van der Waals surface area contributed by atoms with Crippen molar-refractivity contribution in [2.45, 2.75) is 45.1 Å². The molecule has 2 N–H and O–H groups in total. The van der Waals surface area contributed by atoms with Gasteiger partial charge in [-0.05, 0) is 64.6 Å². The molecular formula is C14H27N3O. The molecule has 0 spiro atoms. The molecule has 2 unspecified atom stereocenters. The number of amides is 1. The fourth-order valence-corrected chi connectivity index (χ4v) is 2.92. The van der Waals surface area contributed by atoms with Gasteiger partial charge in [0.25, 0.3) is 0 Å². The maximum atomic E-state index is 12.2. The summed E-state index contributed by atoms with van der Waals surface area (Å²) in [5.41, 5.74) is 0. The third-order valence-corrected chi connectivity index (χ3v) is 4.15. The maximum absolute atomic E-state index is 12.2. The molecule has 2 aliphatic rings. The van der Waals surface area contributed by atoms with E-state index in [9.17, 15) is 4.79 Å². The van der Waals surface area contributed by atoms with Crippen LogP contribution in [0.15, 0.2) is 0 Å². The summed E-state index contributed by atoms with van der Waals surface area (Å²) in [7, 11) is 0. The van der Waals surface area contributed by atoms with E-state index in [4.69, 9.17) is 0 Å². The van der Waals surface area contributed by atoms with Gasteiger partial charge in [0.05, 0.1) is 6.04 Å². The number of carbonyl (C=O) groups excluding carboxylic acids is 1. The Hall–Kier alpha value is -0.610. The standard InChI is InChI=1S/C14H27N3O/c1-12(14(18)17-8-3-2-4-9-17)16-11-13-6-5-7-15-10-13/h12-13,15-16H,2-11H2,1H3. The number of carbonyl (C=O) groups is 1. The second-order valence-corrected chi connectivity index (χ2v) is 5.73. The van der Waals surface area contributed by atoms with Crippen LogP contribution >= 0.6 is 0 Å². The Morgan fingerprint density at radius 2 is 2.11 bits per heavy atom. The van der Waals surface area contributed by atoms with E-state index in [0.29, 0.717) is 11.8 Å². The molecule has 2 heterocycles. The topological polar surface area (TPSA) is 44.4 Å². The number of hydrogen-bond donors (Lipinski definition) is 2. The number of likely N-dealkylation sites (tertiary alicyclic amines) is 1. The van der Waals surface area contributed by atoms with E-state index in [1.54, 1.807) is 0 Å². The highest BCUT2D eigenvalue weighted by Gasteiger charge is 2.22. The number of nitrogens with zero attached hydrogens (tertiary/aromatic N) is 1. The molecule has 4 nitrogen and oxygen atoms in total.